The molecule has 0 spiro atoms. The zero-order chi connectivity index (χ0) is 19.2. The SMILES string of the molecule is C=S1(=O)C[C@@](C)(c2cc(-c3cncc(-c4cnco4)c3)cs2)N=C(N)N1C. The van der Waals surface area contributed by atoms with Gasteiger partial charge in [-0.15, -0.1) is 11.3 Å². The van der Waals surface area contributed by atoms with Crippen LogP contribution in [0.1, 0.15) is 11.8 Å². The molecule has 0 aromatic carbocycles. The largest absolute Gasteiger partial charge is 0.443 e. The average molecular weight is 402 g/mol. The Kier molecular flexibility index (Phi) is 4.08. The first kappa shape index (κ1) is 17.7. The fourth-order valence-electron chi connectivity index (χ4n) is 3.05. The number of nitrogens with two attached hydrogens (primary N) is 1. The van der Waals surface area contributed by atoms with Crippen molar-refractivity contribution in [1.82, 2.24) is 14.3 Å². The summed E-state index contributed by atoms with van der Waals surface area (Å²) < 4.78 is 19.6. The zero-order valence-electron chi connectivity index (χ0n) is 15.0. The molecule has 0 saturated heterocycles. The quantitative estimate of drug-likeness (QED) is 0.680. The van der Waals surface area contributed by atoms with Crippen molar-refractivity contribution in [3.05, 3.63) is 47.4 Å². The summed E-state index contributed by atoms with van der Waals surface area (Å²) in [5.41, 5.74) is 8.14. The molecular weight excluding hydrogens is 382 g/mol. The molecule has 4 heterocycles. The maximum absolute atomic E-state index is 12.8. The third-order valence-electron chi connectivity index (χ3n) is 4.61. The number of hydrogen-bond donors (Lipinski definition) is 1. The highest BCUT2D eigenvalue weighted by Gasteiger charge is 2.38. The maximum Gasteiger partial charge on any atom is 0.203 e. The van der Waals surface area contributed by atoms with Gasteiger partial charge < -0.3 is 10.2 Å². The van der Waals surface area contributed by atoms with Gasteiger partial charge in [0.1, 0.15) is 5.54 Å². The van der Waals surface area contributed by atoms with Gasteiger partial charge in [0, 0.05) is 35.4 Å². The van der Waals surface area contributed by atoms with Crippen LogP contribution in [0.5, 0.6) is 0 Å². The van der Waals surface area contributed by atoms with Crippen LogP contribution in [0.25, 0.3) is 22.5 Å². The molecule has 0 amide bonds. The molecule has 7 nitrogen and oxygen atoms in total. The van der Waals surface area contributed by atoms with Crippen LogP contribution in [0.2, 0.25) is 0 Å². The molecule has 0 bridgehead atoms. The van der Waals surface area contributed by atoms with E-state index in [4.69, 9.17) is 10.2 Å². The highest BCUT2D eigenvalue weighted by atomic mass is 32.2. The van der Waals surface area contributed by atoms with Crippen LogP contribution >= 0.6 is 11.3 Å². The summed E-state index contributed by atoms with van der Waals surface area (Å²) in [5.74, 6) is 5.08. The van der Waals surface area contributed by atoms with Crippen LogP contribution in [0.15, 0.2) is 51.9 Å². The summed E-state index contributed by atoms with van der Waals surface area (Å²) in [4.78, 5) is 13.8. The van der Waals surface area contributed by atoms with Crippen LogP contribution < -0.4 is 5.73 Å². The molecule has 9 heteroatoms. The fourth-order valence-corrected chi connectivity index (χ4v) is 5.84. The number of pyridine rings is 1. The van der Waals surface area contributed by atoms with Crippen molar-refractivity contribution in [2.75, 3.05) is 12.8 Å². The van der Waals surface area contributed by atoms with E-state index in [0.717, 1.165) is 21.6 Å². The Balaban J connectivity index is 1.72. The molecule has 3 aromatic rings. The summed E-state index contributed by atoms with van der Waals surface area (Å²) in [5, 5.41) is 2.04. The van der Waals surface area contributed by atoms with Crippen molar-refractivity contribution >= 4 is 32.9 Å². The molecule has 2 atom stereocenters. The van der Waals surface area contributed by atoms with E-state index in [2.05, 4.69) is 20.8 Å². The summed E-state index contributed by atoms with van der Waals surface area (Å²) in [6.07, 6.45) is 6.58. The van der Waals surface area contributed by atoms with Crippen molar-refractivity contribution in [3.63, 3.8) is 0 Å². The monoisotopic (exact) mass is 401 g/mol. The van der Waals surface area contributed by atoms with Gasteiger partial charge in [0.25, 0.3) is 0 Å². The molecule has 0 aliphatic carbocycles. The molecule has 140 valence electrons. The van der Waals surface area contributed by atoms with Gasteiger partial charge in [0.2, 0.25) is 5.96 Å². The van der Waals surface area contributed by atoms with E-state index in [1.807, 2.05) is 24.4 Å². The molecule has 1 unspecified atom stereocenters. The van der Waals surface area contributed by atoms with E-state index in [9.17, 15) is 4.21 Å². The summed E-state index contributed by atoms with van der Waals surface area (Å²) >= 11 is 1.56. The number of guanidine groups is 1. The lowest BCUT2D eigenvalue weighted by molar-refractivity contribution is 0.522. The molecule has 27 heavy (non-hydrogen) atoms. The standard InChI is InChI=1S/C18H19N5O2S2/c1-18(10-27(3,24)23(2)17(19)22-18)16-5-14(9-26-16)12-4-13(7-20-6-12)15-8-21-11-25-15/h4-9,11H,3,10H2,1-2H3,(H2,19,22)/t18-,27?/m0/s1. The minimum absolute atomic E-state index is 0.243. The molecule has 4 rings (SSSR count). The Morgan fingerprint density at radius 1 is 1.26 bits per heavy atom. The third kappa shape index (κ3) is 3.13. The number of rotatable bonds is 3. The number of nitrogens with zero attached hydrogens (tertiary/aromatic N) is 4. The van der Waals surface area contributed by atoms with E-state index in [0.29, 0.717) is 11.5 Å². The average Bonchev–Trinajstić information content (AvgIpc) is 3.31. The number of hydrogen-bond acceptors (Lipinski definition) is 7. The second-order valence-corrected chi connectivity index (χ2v) is 9.98. The second kappa shape index (κ2) is 6.21. The highest BCUT2D eigenvalue weighted by molar-refractivity contribution is 7.98. The van der Waals surface area contributed by atoms with Crippen molar-refractivity contribution in [2.45, 2.75) is 12.5 Å². The fraction of sp³-hybridized carbons (Fsp3) is 0.222. The second-order valence-electron chi connectivity index (χ2n) is 6.69. The van der Waals surface area contributed by atoms with Crippen LogP contribution in [0.4, 0.5) is 0 Å². The molecule has 1 aliphatic heterocycles. The highest BCUT2D eigenvalue weighted by Crippen LogP contribution is 2.38. The molecular formula is C18H19N5O2S2. The Hall–Kier alpha value is -2.65. The first-order chi connectivity index (χ1) is 12.8. The Morgan fingerprint density at radius 3 is 2.74 bits per heavy atom. The molecule has 3 aromatic heterocycles. The topological polar surface area (TPSA) is 97.6 Å². The van der Waals surface area contributed by atoms with Crippen LogP contribution in [0, 0.1) is 0 Å². The maximum atomic E-state index is 12.8. The third-order valence-corrected chi connectivity index (χ3v) is 7.99. The smallest absolute Gasteiger partial charge is 0.203 e. The van der Waals surface area contributed by atoms with Gasteiger partial charge in [-0.25, -0.2) is 14.2 Å². The van der Waals surface area contributed by atoms with Crippen LogP contribution in [-0.4, -0.2) is 43.1 Å². The molecule has 0 fully saturated rings. The summed E-state index contributed by atoms with van der Waals surface area (Å²) in [7, 11) is -0.845. The minimum Gasteiger partial charge on any atom is -0.443 e. The molecule has 0 saturated carbocycles. The summed E-state index contributed by atoms with van der Waals surface area (Å²) in [6, 6.07) is 4.04. The Morgan fingerprint density at radius 2 is 2.04 bits per heavy atom. The van der Waals surface area contributed by atoms with Gasteiger partial charge in [-0.3, -0.25) is 9.29 Å². The van der Waals surface area contributed by atoms with E-state index in [1.165, 1.54) is 10.7 Å². The predicted molar refractivity (Wildman–Crippen MR) is 110 cm³/mol. The van der Waals surface area contributed by atoms with E-state index in [1.54, 1.807) is 37.0 Å². The van der Waals surface area contributed by atoms with Gasteiger partial charge in [-0.05, 0) is 35.9 Å². The van der Waals surface area contributed by atoms with Gasteiger partial charge >= 0.3 is 0 Å². The lowest BCUT2D eigenvalue weighted by Crippen LogP contribution is -2.50. The number of oxazole rings is 1. The van der Waals surface area contributed by atoms with E-state index < -0.39 is 15.2 Å². The first-order valence-corrected chi connectivity index (χ1v) is 10.9. The number of aromatic nitrogens is 2. The van der Waals surface area contributed by atoms with E-state index >= 15 is 0 Å². The lowest BCUT2D eigenvalue weighted by atomic mass is 10.0. The lowest BCUT2D eigenvalue weighted by Gasteiger charge is -2.36. The van der Waals surface area contributed by atoms with Crippen molar-refractivity contribution in [3.8, 4) is 22.5 Å². The molecule has 0 radical (unpaired) electrons. The van der Waals surface area contributed by atoms with Gasteiger partial charge in [0.15, 0.2) is 12.2 Å². The van der Waals surface area contributed by atoms with Crippen LogP contribution in [0.3, 0.4) is 0 Å². The molecule has 1 aliphatic rings. The Labute approximate surface area is 161 Å². The Bertz CT molecular complexity index is 1120. The number of aliphatic imine (C=N–C) groups is 1. The van der Waals surface area contributed by atoms with Gasteiger partial charge in [0.05, 0.1) is 21.7 Å². The van der Waals surface area contributed by atoms with Crippen molar-refractivity contribution in [1.29, 1.82) is 0 Å². The van der Waals surface area contributed by atoms with Crippen molar-refractivity contribution in [2.24, 2.45) is 10.7 Å². The minimum atomic E-state index is -2.51. The molecule has 2 N–H and O–H groups in total. The van der Waals surface area contributed by atoms with Gasteiger partial charge in [-0.1, -0.05) is 0 Å². The number of thiophene rings is 1. The zero-order valence-corrected chi connectivity index (χ0v) is 16.6. The van der Waals surface area contributed by atoms with Crippen LogP contribution in [-0.2, 0) is 15.2 Å². The first-order valence-electron chi connectivity index (χ1n) is 8.16. The normalized spacial score (nSPS) is 25.4. The van der Waals surface area contributed by atoms with Crippen molar-refractivity contribution < 1.29 is 8.63 Å². The van der Waals surface area contributed by atoms with Gasteiger partial charge in [-0.2, -0.15) is 0 Å². The predicted octanol–water partition coefficient (Wildman–Crippen LogP) is 2.57. The van der Waals surface area contributed by atoms with E-state index in [-0.39, 0.29) is 5.96 Å². The summed E-state index contributed by atoms with van der Waals surface area (Å²) in [6.45, 7) is 1.94.